The van der Waals surface area contributed by atoms with E-state index >= 15 is 0 Å². The van der Waals surface area contributed by atoms with Crippen molar-refractivity contribution in [1.82, 2.24) is 19.7 Å². The number of hydrogen-bond acceptors (Lipinski definition) is 7. The van der Waals surface area contributed by atoms with E-state index in [1.807, 2.05) is 10.9 Å². The zero-order chi connectivity index (χ0) is 20.4. The Morgan fingerprint density at radius 3 is 2.76 bits per heavy atom. The van der Waals surface area contributed by atoms with Crippen LogP contribution >= 0.6 is 11.6 Å². The van der Waals surface area contributed by atoms with Crippen molar-refractivity contribution in [2.45, 2.75) is 37.8 Å². The molecule has 1 fully saturated rings. The fraction of sp³-hybridized carbons (Fsp3) is 0.316. The molecule has 0 saturated heterocycles. The van der Waals surface area contributed by atoms with Crippen LogP contribution in [-0.2, 0) is 0 Å². The number of hydrogen-bond donors (Lipinski definition) is 4. The van der Waals surface area contributed by atoms with Gasteiger partial charge in [-0.2, -0.15) is 10.1 Å². The highest BCUT2D eigenvalue weighted by atomic mass is 35.5. The summed E-state index contributed by atoms with van der Waals surface area (Å²) in [6.07, 6.45) is 8.12. The molecule has 0 spiro atoms. The summed E-state index contributed by atoms with van der Waals surface area (Å²) in [5.41, 5.74) is 7.02. The SMILES string of the molecule is Nc1ccc(F)c(Nc2nc(Nc3cnn(C4CCC(O)CC4)c3)ncc2Cl)c1. The van der Waals surface area contributed by atoms with Crippen LogP contribution in [0.15, 0.2) is 36.8 Å². The van der Waals surface area contributed by atoms with Crippen molar-refractivity contribution in [3.63, 3.8) is 0 Å². The van der Waals surface area contributed by atoms with Crippen molar-refractivity contribution in [1.29, 1.82) is 0 Å². The fourth-order valence-electron chi connectivity index (χ4n) is 3.34. The summed E-state index contributed by atoms with van der Waals surface area (Å²) < 4.78 is 15.9. The van der Waals surface area contributed by atoms with E-state index in [1.165, 1.54) is 24.4 Å². The van der Waals surface area contributed by atoms with Crippen LogP contribution in [0.1, 0.15) is 31.7 Å². The molecule has 0 unspecified atom stereocenters. The number of benzene rings is 1. The highest BCUT2D eigenvalue weighted by molar-refractivity contribution is 6.32. The smallest absolute Gasteiger partial charge is 0.229 e. The number of nitrogens with zero attached hydrogens (tertiary/aromatic N) is 4. The van der Waals surface area contributed by atoms with Gasteiger partial charge in [-0.3, -0.25) is 4.68 Å². The van der Waals surface area contributed by atoms with Gasteiger partial charge in [-0.05, 0) is 43.9 Å². The lowest BCUT2D eigenvalue weighted by Gasteiger charge is -2.25. The minimum Gasteiger partial charge on any atom is -0.399 e. The first kappa shape index (κ1) is 19.4. The molecule has 0 atom stereocenters. The molecule has 1 aliphatic carbocycles. The second kappa shape index (κ2) is 8.22. The van der Waals surface area contributed by atoms with Crippen molar-refractivity contribution in [2.75, 3.05) is 16.4 Å². The largest absolute Gasteiger partial charge is 0.399 e. The Morgan fingerprint density at radius 1 is 1.17 bits per heavy atom. The Balaban J connectivity index is 1.49. The second-order valence-corrected chi connectivity index (χ2v) is 7.46. The number of aliphatic hydroxyl groups is 1. The monoisotopic (exact) mass is 417 g/mol. The summed E-state index contributed by atoms with van der Waals surface area (Å²) in [5, 5.41) is 20.2. The third kappa shape index (κ3) is 4.57. The van der Waals surface area contributed by atoms with Gasteiger partial charge in [0.05, 0.1) is 35.9 Å². The first-order valence-corrected chi connectivity index (χ1v) is 9.69. The van der Waals surface area contributed by atoms with Crippen LogP contribution < -0.4 is 16.4 Å². The molecule has 5 N–H and O–H groups in total. The average molecular weight is 418 g/mol. The number of nitrogens with one attached hydrogen (secondary N) is 2. The Bertz CT molecular complexity index is 1000. The molecule has 2 aromatic heterocycles. The molecular formula is C19H21ClFN7O. The van der Waals surface area contributed by atoms with E-state index in [0.717, 1.165) is 31.4 Å². The van der Waals surface area contributed by atoms with E-state index in [2.05, 4.69) is 25.7 Å². The molecule has 10 heteroatoms. The predicted octanol–water partition coefficient (Wildman–Crippen LogP) is 4.01. The van der Waals surface area contributed by atoms with Crippen LogP contribution in [0.2, 0.25) is 5.02 Å². The van der Waals surface area contributed by atoms with Gasteiger partial charge in [-0.1, -0.05) is 11.6 Å². The van der Waals surface area contributed by atoms with E-state index in [1.54, 1.807) is 6.20 Å². The minimum absolute atomic E-state index is 0.170. The maximum Gasteiger partial charge on any atom is 0.229 e. The Labute approximate surface area is 171 Å². The van der Waals surface area contributed by atoms with E-state index in [4.69, 9.17) is 17.3 Å². The predicted molar refractivity (Wildman–Crippen MR) is 110 cm³/mol. The lowest BCUT2D eigenvalue weighted by Crippen LogP contribution is -2.21. The lowest BCUT2D eigenvalue weighted by atomic mass is 9.93. The van der Waals surface area contributed by atoms with Gasteiger partial charge in [-0.15, -0.1) is 0 Å². The van der Waals surface area contributed by atoms with Gasteiger partial charge in [0.15, 0.2) is 5.82 Å². The molecule has 0 bridgehead atoms. The summed E-state index contributed by atoms with van der Waals surface area (Å²) in [7, 11) is 0. The van der Waals surface area contributed by atoms with Gasteiger partial charge < -0.3 is 21.5 Å². The number of anilines is 5. The van der Waals surface area contributed by atoms with Crippen LogP contribution in [0.4, 0.5) is 33.2 Å². The number of rotatable bonds is 5. The first-order chi connectivity index (χ1) is 14.0. The lowest BCUT2D eigenvalue weighted by molar-refractivity contribution is 0.108. The van der Waals surface area contributed by atoms with Gasteiger partial charge in [-0.25, -0.2) is 9.37 Å². The van der Waals surface area contributed by atoms with E-state index in [9.17, 15) is 9.50 Å². The Hall–Kier alpha value is -2.91. The van der Waals surface area contributed by atoms with Crippen molar-refractivity contribution in [3.8, 4) is 0 Å². The van der Waals surface area contributed by atoms with E-state index in [-0.39, 0.29) is 28.7 Å². The van der Waals surface area contributed by atoms with Crippen molar-refractivity contribution < 1.29 is 9.50 Å². The van der Waals surface area contributed by atoms with Crippen molar-refractivity contribution in [2.24, 2.45) is 0 Å². The minimum atomic E-state index is -0.470. The third-order valence-corrected chi connectivity index (χ3v) is 5.16. The second-order valence-electron chi connectivity index (χ2n) is 7.05. The van der Waals surface area contributed by atoms with Gasteiger partial charge in [0.2, 0.25) is 5.95 Å². The van der Waals surface area contributed by atoms with E-state index in [0.29, 0.717) is 11.6 Å². The molecule has 29 heavy (non-hydrogen) atoms. The summed E-state index contributed by atoms with van der Waals surface area (Å²) in [6.45, 7) is 0. The molecule has 0 radical (unpaired) electrons. The quantitative estimate of drug-likeness (QED) is 0.464. The Morgan fingerprint density at radius 2 is 1.97 bits per heavy atom. The summed E-state index contributed by atoms with van der Waals surface area (Å²) in [4.78, 5) is 8.49. The zero-order valence-corrected chi connectivity index (χ0v) is 16.3. The fourth-order valence-corrected chi connectivity index (χ4v) is 3.47. The maximum atomic E-state index is 14.0. The standard InChI is InChI=1S/C19H21ClFN7O/c20-15-9-23-19(27-18(15)26-17-7-11(22)1-6-16(17)21)25-12-8-24-28(10-12)13-2-4-14(29)5-3-13/h1,6-10,13-14,29H,2-5,22H2,(H2,23,25,26,27). The number of aliphatic hydroxyl groups excluding tert-OH is 1. The van der Waals surface area contributed by atoms with Gasteiger partial charge in [0, 0.05) is 11.9 Å². The highest BCUT2D eigenvalue weighted by Crippen LogP contribution is 2.30. The van der Waals surface area contributed by atoms with Crippen LogP contribution in [-0.4, -0.2) is 31.0 Å². The maximum absolute atomic E-state index is 14.0. The molecular weight excluding hydrogens is 397 g/mol. The topological polar surface area (TPSA) is 114 Å². The van der Waals surface area contributed by atoms with Crippen molar-refractivity contribution >= 4 is 40.4 Å². The van der Waals surface area contributed by atoms with Crippen LogP contribution in [0, 0.1) is 5.82 Å². The number of halogens is 2. The average Bonchev–Trinajstić information content (AvgIpc) is 3.16. The third-order valence-electron chi connectivity index (χ3n) is 4.89. The van der Waals surface area contributed by atoms with E-state index < -0.39 is 5.82 Å². The summed E-state index contributed by atoms with van der Waals surface area (Å²) in [6, 6.07) is 4.47. The van der Waals surface area contributed by atoms with Crippen LogP contribution in [0.25, 0.3) is 0 Å². The molecule has 4 rings (SSSR count). The molecule has 1 aromatic carbocycles. The molecule has 3 aromatic rings. The molecule has 152 valence electrons. The van der Waals surface area contributed by atoms with Gasteiger partial charge in [0.1, 0.15) is 10.8 Å². The number of aromatic nitrogens is 4. The molecule has 1 saturated carbocycles. The van der Waals surface area contributed by atoms with Crippen LogP contribution in [0.3, 0.4) is 0 Å². The normalized spacial score (nSPS) is 19.1. The number of nitrogens with two attached hydrogens (primary N) is 1. The first-order valence-electron chi connectivity index (χ1n) is 9.32. The summed E-state index contributed by atoms with van der Waals surface area (Å²) in [5.74, 6) is 0.0735. The number of nitrogen functional groups attached to an aromatic ring is 1. The summed E-state index contributed by atoms with van der Waals surface area (Å²) >= 11 is 6.15. The van der Waals surface area contributed by atoms with Gasteiger partial charge in [0.25, 0.3) is 0 Å². The van der Waals surface area contributed by atoms with Gasteiger partial charge >= 0.3 is 0 Å². The van der Waals surface area contributed by atoms with Crippen LogP contribution in [0.5, 0.6) is 0 Å². The molecule has 1 aliphatic rings. The Kier molecular flexibility index (Phi) is 5.50. The van der Waals surface area contributed by atoms with Crippen molar-refractivity contribution in [3.05, 3.63) is 47.6 Å². The highest BCUT2D eigenvalue weighted by Gasteiger charge is 2.21. The molecule has 0 amide bonds. The molecule has 2 heterocycles. The molecule has 0 aliphatic heterocycles. The molecule has 8 nitrogen and oxygen atoms in total. The zero-order valence-electron chi connectivity index (χ0n) is 15.5.